The number of rotatable bonds is 7. The lowest BCUT2D eigenvalue weighted by atomic mass is 10.1. The van der Waals surface area contributed by atoms with Crippen LogP contribution in [0, 0.1) is 6.92 Å². The number of aryl methyl sites for hydroxylation is 1. The van der Waals surface area contributed by atoms with Crippen molar-refractivity contribution in [2.24, 2.45) is 0 Å². The maximum atomic E-state index is 6.00. The average molecular weight is 348 g/mol. The Bertz CT molecular complexity index is 311. The third-order valence-electron chi connectivity index (χ3n) is 2.54. The summed E-state index contributed by atoms with van der Waals surface area (Å²) in [6.45, 7) is 7.57. The largest absolute Gasteiger partial charge is 0.379 e. The fourth-order valence-electron chi connectivity index (χ4n) is 1.59. The van der Waals surface area contributed by atoms with Gasteiger partial charge in [0.2, 0.25) is 0 Å². The molecule has 17 heavy (non-hydrogen) atoms. The third kappa shape index (κ3) is 5.36. The molecule has 1 rings (SSSR count). The van der Waals surface area contributed by atoms with E-state index in [4.69, 9.17) is 9.47 Å². The first-order valence-corrected chi connectivity index (χ1v) is 7.55. The monoisotopic (exact) mass is 348 g/mol. The summed E-state index contributed by atoms with van der Waals surface area (Å²) < 4.78 is 12.3. The van der Waals surface area contributed by atoms with Gasteiger partial charge in [-0.2, -0.15) is 0 Å². The Labute approximate surface area is 118 Å². The van der Waals surface area contributed by atoms with Gasteiger partial charge in [0, 0.05) is 11.0 Å². The van der Waals surface area contributed by atoms with Crippen LogP contribution in [0.3, 0.4) is 0 Å². The molecule has 0 N–H and O–H groups in total. The van der Waals surface area contributed by atoms with Gasteiger partial charge in [0.25, 0.3) is 0 Å². The van der Waals surface area contributed by atoms with Gasteiger partial charge >= 0.3 is 0 Å². The van der Waals surface area contributed by atoms with Gasteiger partial charge in [-0.1, -0.05) is 52.4 Å². The van der Waals surface area contributed by atoms with Crippen molar-refractivity contribution in [2.75, 3.05) is 17.6 Å². The van der Waals surface area contributed by atoms with Gasteiger partial charge in [0.15, 0.2) is 0 Å². The molecule has 0 radical (unpaired) electrons. The Morgan fingerprint density at radius 2 is 1.88 bits per heavy atom. The van der Waals surface area contributed by atoms with E-state index in [2.05, 4.69) is 60.7 Å². The molecule has 0 aliphatic rings. The highest BCUT2D eigenvalue weighted by Gasteiger charge is 2.14. The molecule has 0 saturated heterocycles. The van der Waals surface area contributed by atoms with Crippen LogP contribution in [-0.2, 0) is 9.47 Å². The van der Waals surface area contributed by atoms with E-state index in [1.807, 2.05) is 6.92 Å². The van der Waals surface area contributed by atoms with Crippen molar-refractivity contribution in [1.82, 2.24) is 0 Å². The number of ether oxygens (including phenoxy) is 2. The van der Waals surface area contributed by atoms with E-state index in [0.29, 0.717) is 6.61 Å². The summed E-state index contributed by atoms with van der Waals surface area (Å²) in [7, 11) is 0. The van der Waals surface area contributed by atoms with E-state index in [1.165, 1.54) is 11.1 Å². The van der Waals surface area contributed by atoms with Crippen LogP contribution in [0.2, 0.25) is 0 Å². The molecule has 0 aromatic heterocycles. The topological polar surface area (TPSA) is 18.5 Å². The Hall–Kier alpha value is -0.130. The molecular formula is C14H21IO2. The van der Waals surface area contributed by atoms with Crippen molar-refractivity contribution in [1.29, 1.82) is 0 Å². The van der Waals surface area contributed by atoms with Crippen LogP contribution in [0.5, 0.6) is 0 Å². The summed E-state index contributed by atoms with van der Waals surface area (Å²) >= 11 is 2.37. The maximum Gasteiger partial charge on any atom is 0.0919 e. The minimum absolute atomic E-state index is 0.135. The highest BCUT2D eigenvalue weighted by atomic mass is 127. The van der Waals surface area contributed by atoms with Gasteiger partial charge in [0.05, 0.1) is 18.8 Å². The predicted octanol–water partition coefficient (Wildman–Crippen LogP) is 3.91. The first-order valence-electron chi connectivity index (χ1n) is 6.03. The standard InChI is InChI=1S/C14H21IO2/c1-4-16-10-12(3)17-14(9-15)13-7-5-11(2)6-8-13/h5-8,12,14H,4,9-10H2,1-3H3. The number of alkyl halides is 1. The summed E-state index contributed by atoms with van der Waals surface area (Å²) in [6.07, 6.45) is 0.294. The van der Waals surface area contributed by atoms with Gasteiger partial charge < -0.3 is 9.47 Å². The van der Waals surface area contributed by atoms with Crippen molar-refractivity contribution in [3.05, 3.63) is 35.4 Å². The summed E-state index contributed by atoms with van der Waals surface area (Å²) in [5, 5.41) is 0. The fourth-order valence-corrected chi connectivity index (χ4v) is 2.30. The first-order chi connectivity index (χ1) is 8.17. The van der Waals surface area contributed by atoms with E-state index >= 15 is 0 Å². The third-order valence-corrected chi connectivity index (χ3v) is 3.34. The highest BCUT2D eigenvalue weighted by Crippen LogP contribution is 2.22. The molecule has 2 atom stereocenters. The molecular weight excluding hydrogens is 327 g/mol. The second-order valence-corrected chi connectivity index (χ2v) is 5.04. The minimum Gasteiger partial charge on any atom is -0.379 e. The Balaban J connectivity index is 2.56. The van der Waals surface area contributed by atoms with Crippen molar-refractivity contribution in [3.63, 3.8) is 0 Å². The van der Waals surface area contributed by atoms with Crippen molar-refractivity contribution in [2.45, 2.75) is 33.0 Å². The number of halogens is 1. The zero-order chi connectivity index (χ0) is 12.7. The SMILES string of the molecule is CCOCC(C)OC(CI)c1ccc(C)cc1. The second-order valence-electron chi connectivity index (χ2n) is 4.16. The Morgan fingerprint density at radius 1 is 1.24 bits per heavy atom. The Morgan fingerprint density at radius 3 is 2.41 bits per heavy atom. The molecule has 0 heterocycles. The lowest BCUT2D eigenvalue weighted by Gasteiger charge is -2.21. The van der Waals surface area contributed by atoms with Crippen LogP contribution in [0.15, 0.2) is 24.3 Å². The van der Waals surface area contributed by atoms with E-state index in [-0.39, 0.29) is 12.2 Å². The lowest BCUT2D eigenvalue weighted by molar-refractivity contribution is -0.0377. The molecule has 0 aliphatic carbocycles. The minimum atomic E-state index is 0.135. The zero-order valence-electron chi connectivity index (χ0n) is 10.8. The normalized spacial score (nSPS) is 14.6. The highest BCUT2D eigenvalue weighted by molar-refractivity contribution is 14.1. The molecule has 0 bridgehead atoms. The smallest absolute Gasteiger partial charge is 0.0919 e. The summed E-state index contributed by atoms with van der Waals surface area (Å²) in [5.41, 5.74) is 2.52. The molecule has 1 aromatic carbocycles. The van der Waals surface area contributed by atoms with Crippen LogP contribution in [0.4, 0.5) is 0 Å². The molecule has 3 heteroatoms. The molecule has 0 spiro atoms. The predicted molar refractivity (Wildman–Crippen MR) is 79.8 cm³/mol. The summed E-state index contributed by atoms with van der Waals surface area (Å²) in [5.74, 6) is 0. The van der Waals surface area contributed by atoms with Crippen molar-refractivity contribution in [3.8, 4) is 0 Å². The van der Waals surface area contributed by atoms with E-state index in [9.17, 15) is 0 Å². The molecule has 2 nitrogen and oxygen atoms in total. The number of benzene rings is 1. The van der Waals surface area contributed by atoms with Crippen LogP contribution in [-0.4, -0.2) is 23.7 Å². The van der Waals surface area contributed by atoms with E-state index in [0.717, 1.165) is 11.0 Å². The van der Waals surface area contributed by atoms with Gasteiger partial charge in [-0.25, -0.2) is 0 Å². The first kappa shape index (κ1) is 14.9. The summed E-state index contributed by atoms with van der Waals surface area (Å²) in [4.78, 5) is 0. The zero-order valence-corrected chi connectivity index (χ0v) is 12.9. The van der Waals surface area contributed by atoms with Gasteiger partial charge in [-0.05, 0) is 26.3 Å². The van der Waals surface area contributed by atoms with E-state index in [1.54, 1.807) is 0 Å². The Kier molecular flexibility index (Phi) is 7.08. The molecule has 0 saturated carbocycles. The van der Waals surface area contributed by atoms with Gasteiger partial charge in [-0.3, -0.25) is 0 Å². The molecule has 96 valence electrons. The summed E-state index contributed by atoms with van der Waals surface area (Å²) in [6, 6.07) is 8.55. The quantitative estimate of drug-likeness (QED) is 0.549. The fraction of sp³-hybridized carbons (Fsp3) is 0.571. The molecule has 0 aliphatic heterocycles. The van der Waals surface area contributed by atoms with Crippen LogP contribution >= 0.6 is 22.6 Å². The van der Waals surface area contributed by atoms with Crippen LogP contribution < -0.4 is 0 Å². The lowest BCUT2D eigenvalue weighted by Crippen LogP contribution is -2.20. The molecule has 2 unspecified atom stereocenters. The van der Waals surface area contributed by atoms with Crippen LogP contribution in [0.1, 0.15) is 31.1 Å². The van der Waals surface area contributed by atoms with Crippen molar-refractivity contribution < 1.29 is 9.47 Å². The second kappa shape index (κ2) is 8.06. The van der Waals surface area contributed by atoms with Crippen LogP contribution in [0.25, 0.3) is 0 Å². The van der Waals surface area contributed by atoms with Gasteiger partial charge in [0.1, 0.15) is 0 Å². The number of hydrogen-bond acceptors (Lipinski definition) is 2. The molecule has 0 fully saturated rings. The van der Waals surface area contributed by atoms with E-state index < -0.39 is 0 Å². The molecule has 0 amide bonds. The average Bonchev–Trinajstić information content (AvgIpc) is 2.34. The number of hydrogen-bond donors (Lipinski definition) is 0. The molecule has 1 aromatic rings. The van der Waals surface area contributed by atoms with Crippen molar-refractivity contribution >= 4 is 22.6 Å². The van der Waals surface area contributed by atoms with Gasteiger partial charge in [-0.15, -0.1) is 0 Å². The maximum absolute atomic E-state index is 6.00.